The van der Waals surface area contributed by atoms with Gasteiger partial charge >= 0.3 is 6.18 Å². The number of rotatable bonds is 1. The van der Waals surface area contributed by atoms with Gasteiger partial charge in [0.25, 0.3) is 0 Å². The molecule has 3 fully saturated rings. The third-order valence-electron chi connectivity index (χ3n) is 4.82. The highest BCUT2D eigenvalue weighted by molar-refractivity contribution is 7.65. The highest BCUT2D eigenvalue weighted by Crippen LogP contribution is 2.59. The molecule has 0 saturated carbocycles. The van der Waals surface area contributed by atoms with E-state index < -0.39 is 27.0 Å². The van der Waals surface area contributed by atoms with Gasteiger partial charge in [-0.05, 0) is 36.6 Å². The quantitative estimate of drug-likeness (QED) is 0.570. The first kappa shape index (κ1) is 13.4. The van der Waals surface area contributed by atoms with E-state index in [1.807, 2.05) is 0 Å². The fraction of sp³-hybridized carbons (Fsp3) is 0.538. The molecule has 0 unspecified atom stereocenters. The molecule has 3 saturated heterocycles. The van der Waals surface area contributed by atoms with E-state index in [4.69, 9.17) is 0 Å². The maximum atomic E-state index is 12.6. The van der Waals surface area contributed by atoms with Crippen molar-refractivity contribution in [1.82, 2.24) is 0 Å². The molecule has 1 aromatic carbocycles. The van der Waals surface area contributed by atoms with E-state index in [-0.39, 0.29) is 0 Å². The van der Waals surface area contributed by atoms with Gasteiger partial charge in [0.15, 0.2) is 0 Å². The first-order valence-electron chi connectivity index (χ1n) is 6.58. The Hall–Kier alpha value is -0.543. The Morgan fingerprint density at radius 2 is 1.42 bits per heavy atom. The monoisotopic (exact) mass is 304 g/mol. The molecule has 0 aliphatic carbocycles. The van der Waals surface area contributed by atoms with Gasteiger partial charge in [0.1, 0.15) is 0 Å². The van der Waals surface area contributed by atoms with E-state index in [0.717, 1.165) is 41.8 Å². The summed E-state index contributed by atoms with van der Waals surface area (Å²) < 4.78 is 50.0. The van der Waals surface area contributed by atoms with Crippen LogP contribution in [0.15, 0.2) is 24.3 Å². The summed E-state index contributed by atoms with van der Waals surface area (Å²) in [7, 11) is -3.51. The van der Waals surface area contributed by atoms with Crippen LogP contribution in [0.3, 0.4) is 0 Å². The molecule has 1 nitrogen and oxygen atoms in total. The summed E-state index contributed by atoms with van der Waals surface area (Å²) >= 11 is 0. The van der Waals surface area contributed by atoms with Crippen LogP contribution in [0.25, 0.3) is 0 Å². The SMILES string of the molecule is O=P12CC[Si](c3ccc(C(F)(F)F)cc3)(CC1)CC2. The zero-order valence-corrected chi connectivity index (χ0v) is 12.4. The zero-order chi connectivity index (χ0) is 13.7. The Morgan fingerprint density at radius 1 is 0.947 bits per heavy atom. The zero-order valence-electron chi connectivity index (χ0n) is 10.5. The van der Waals surface area contributed by atoms with E-state index in [1.54, 1.807) is 12.1 Å². The molecule has 0 spiro atoms. The van der Waals surface area contributed by atoms with Crippen molar-refractivity contribution in [3.8, 4) is 0 Å². The summed E-state index contributed by atoms with van der Waals surface area (Å²) in [5.74, 6) is 0. The van der Waals surface area contributed by atoms with Crippen molar-refractivity contribution in [2.75, 3.05) is 18.5 Å². The molecule has 2 bridgehead atoms. The second-order valence-electron chi connectivity index (χ2n) is 5.83. The number of halogens is 3. The average molecular weight is 304 g/mol. The number of benzene rings is 1. The number of hydrogen-bond donors (Lipinski definition) is 0. The first-order chi connectivity index (χ1) is 8.83. The Balaban J connectivity index is 1.89. The fourth-order valence-electron chi connectivity index (χ4n) is 3.41. The van der Waals surface area contributed by atoms with Crippen molar-refractivity contribution in [2.45, 2.75) is 24.3 Å². The molecule has 0 amide bonds. The van der Waals surface area contributed by atoms with E-state index >= 15 is 0 Å². The Morgan fingerprint density at radius 3 is 1.84 bits per heavy atom. The lowest BCUT2D eigenvalue weighted by Crippen LogP contribution is -2.54. The standard InChI is InChI=1S/C13H16F3OPSi/c14-13(15,16)11-1-3-12(4-2-11)19-8-5-18(17,6-9-19)7-10-19/h1-4H,5-10H2. The van der Waals surface area contributed by atoms with Crippen molar-refractivity contribution in [2.24, 2.45) is 0 Å². The van der Waals surface area contributed by atoms with Crippen LogP contribution in [0.1, 0.15) is 5.56 Å². The Kier molecular flexibility index (Phi) is 2.99. The van der Waals surface area contributed by atoms with Gasteiger partial charge in [0.2, 0.25) is 0 Å². The molecule has 4 rings (SSSR count). The van der Waals surface area contributed by atoms with Gasteiger partial charge in [0, 0.05) is 0 Å². The Bertz CT molecular complexity index is 507. The highest BCUT2D eigenvalue weighted by Gasteiger charge is 2.48. The normalized spacial score (nSPS) is 34.5. The van der Waals surface area contributed by atoms with Crippen LogP contribution in [0.5, 0.6) is 0 Å². The lowest BCUT2D eigenvalue weighted by molar-refractivity contribution is -0.137. The third-order valence-corrected chi connectivity index (χ3v) is 14.4. The molecule has 19 heavy (non-hydrogen) atoms. The van der Waals surface area contributed by atoms with Gasteiger partial charge in [-0.3, -0.25) is 0 Å². The molecule has 0 aromatic heterocycles. The minimum absolute atomic E-state index is 0.570. The van der Waals surface area contributed by atoms with E-state index in [9.17, 15) is 17.7 Å². The van der Waals surface area contributed by atoms with E-state index in [2.05, 4.69) is 0 Å². The third kappa shape index (κ3) is 2.31. The molecule has 6 heteroatoms. The summed E-state index contributed by atoms with van der Waals surface area (Å²) in [5, 5.41) is 1.13. The van der Waals surface area contributed by atoms with Gasteiger partial charge in [-0.1, -0.05) is 29.5 Å². The van der Waals surface area contributed by atoms with Crippen LogP contribution in [0, 0.1) is 0 Å². The van der Waals surface area contributed by atoms with Crippen LogP contribution in [-0.4, -0.2) is 26.6 Å². The first-order valence-corrected chi connectivity index (χ1v) is 11.5. The molecule has 0 N–H and O–H groups in total. The summed E-state index contributed by atoms with van der Waals surface area (Å²) in [4.78, 5) is 0. The van der Waals surface area contributed by atoms with Crippen LogP contribution < -0.4 is 5.19 Å². The van der Waals surface area contributed by atoms with Gasteiger partial charge < -0.3 is 4.57 Å². The van der Waals surface area contributed by atoms with Crippen molar-refractivity contribution in [3.05, 3.63) is 29.8 Å². The van der Waals surface area contributed by atoms with Crippen LogP contribution in [0.4, 0.5) is 13.2 Å². The second-order valence-corrected chi connectivity index (χ2v) is 13.9. The lowest BCUT2D eigenvalue weighted by atomic mass is 10.2. The number of alkyl halides is 3. The minimum atomic E-state index is -4.26. The molecular formula is C13H16F3OPSi. The lowest BCUT2D eigenvalue weighted by Gasteiger charge is -2.45. The van der Waals surface area contributed by atoms with Gasteiger partial charge in [-0.2, -0.15) is 13.2 Å². The predicted octanol–water partition coefficient (Wildman–Crippen LogP) is 3.75. The van der Waals surface area contributed by atoms with Crippen LogP contribution >= 0.6 is 7.14 Å². The maximum Gasteiger partial charge on any atom is 0.416 e. The average Bonchev–Trinajstić information content (AvgIpc) is 2.39. The van der Waals surface area contributed by atoms with Gasteiger partial charge in [0.05, 0.1) is 20.8 Å². The fourth-order valence-corrected chi connectivity index (χ4v) is 16.6. The van der Waals surface area contributed by atoms with Crippen molar-refractivity contribution < 1.29 is 17.7 Å². The number of fused-ring (bicyclic) bond motifs is 3. The summed E-state index contributed by atoms with van der Waals surface area (Å²) in [6.45, 7) is 0. The highest BCUT2D eigenvalue weighted by atomic mass is 31.2. The topological polar surface area (TPSA) is 17.1 Å². The van der Waals surface area contributed by atoms with Crippen molar-refractivity contribution >= 4 is 20.4 Å². The van der Waals surface area contributed by atoms with Gasteiger partial charge in [-0.15, -0.1) is 0 Å². The van der Waals surface area contributed by atoms with Crippen molar-refractivity contribution in [3.63, 3.8) is 0 Å². The van der Waals surface area contributed by atoms with Crippen LogP contribution in [-0.2, 0) is 10.7 Å². The summed E-state index contributed by atoms with van der Waals surface area (Å²) in [6, 6.07) is 8.80. The largest absolute Gasteiger partial charge is 0.416 e. The number of hydrogen-bond acceptors (Lipinski definition) is 1. The summed E-state index contributed by atoms with van der Waals surface area (Å²) in [5.41, 5.74) is -0.570. The van der Waals surface area contributed by atoms with E-state index in [0.29, 0.717) is 0 Å². The van der Waals surface area contributed by atoms with Gasteiger partial charge in [-0.25, -0.2) is 0 Å². The van der Waals surface area contributed by atoms with E-state index in [1.165, 1.54) is 12.1 Å². The molecule has 1 aromatic rings. The smallest absolute Gasteiger partial charge is 0.324 e. The second kappa shape index (κ2) is 4.22. The molecule has 0 atom stereocenters. The molecule has 0 radical (unpaired) electrons. The Labute approximate surface area is 111 Å². The molecule has 3 aliphatic heterocycles. The van der Waals surface area contributed by atoms with Crippen LogP contribution in [0.2, 0.25) is 18.1 Å². The predicted molar refractivity (Wildman–Crippen MR) is 73.5 cm³/mol. The van der Waals surface area contributed by atoms with Crippen molar-refractivity contribution in [1.29, 1.82) is 0 Å². The maximum absolute atomic E-state index is 12.6. The molecule has 3 heterocycles. The molecular weight excluding hydrogens is 288 g/mol. The molecule has 3 aliphatic rings. The summed E-state index contributed by atoms with van der Waals surface area (Å²) in [6.07, 6.45) is -1.76. The molecule has 104 valence electrons. The minimum Gasteiger partial charge on any atom is -0.324 e.